The van der Waals surface area contributed by atoms with Gasteiger partial charge >= 0.3 is 0 Å². The van der Waals surface area contributed by atoms with Crippen molar-refractivity contribution >= 4 is 28.8 Å². The number of halogens is 1. The molecule has 0 saturated carbocycles. The molecule has 0 fully saturated rings. The molecule has 3 nitrogen and oxygen atoms in total. The summed E-state index contributed by atoms with van der Waals surface area (Å²) in [4.78, 5) is 15.2. The Kier molecular flexibility index (Phi) is 5.79. The van der Waals surface area contributed by atoms with E-state index in [9.17, 15) is 4.79 Å². The number of hydrogen-bond acceptors (Lipinski definition) is 3. The summed E-state index contributed by atoms with van der Waals surface area (Å²) >= 11 is 7.78. The predicted octanol–water partition coefficient (Wildman–Crippen LogP) is 3.71. The van der Waals surface area contributed by atoms with Gasteiger partial charge in [0.25, 0.3) is 0 Å². The average molecular weight is 323 g/mol. The number of nitrogens with one attached hydrogen (secondary N) is 1. The summed E-state index contributed by atoms with van der Waals surface area (Å²) in [5.74, 6) is 0.0189. The Morgan fingerprint density at radius 3 is 2.76 bits per heavy atom. The lowest BCUT2D eigenvalue weighted by Crippen LogP contribution is -2.36. The third-order valence-electron chi connectivity index (χ3n) is 3.16. The van der Waals surface area contributed by atoms with E-state index in [-0.39, 0.29) is 11.9 Å². The molecule has 0 radical (unpaired) electrons. The SMILES string of the molecule is C[C@H](NC(=O)CN(C)Cc1ccccc1Cl)c1cccs1. The number of likely N-dealkylation sites (N-methyl/N-ethyl adjacent to an activating group) is 1. The van der Waals surface area contributed by atoms with E-state index >= 15 is 0 Å². The average Bonchev–Trinajstić information content (AvgIpc) is 2.95. The fourth-order valence-electron chi connectivity index (χ4n) is 2.11. The number of thiophene rings is 1. The summed E-state index contributed by atoms with van der Waals surface area (Å²) < 4.78 is 0. The Bertz CT molecular complexity index is 586. The Labute approximate surface area is 134 Å². The summed E-state index contributed by atoms with van der Waals surface area (Å²) in [5.41, 5.74) is 1.03. The lowest BCUT2D eigenvalue weighted by molar-refractivity contribution is -0.122. The fraction of sp³-hybridized carbons (Fsp3) is 0.312. The van der Waals surface area contributed by atoms with E-state index in [0.717, 1.165) is 15.5 Å². The first-order chi connectivity index (χ1) is 10.1. The third kappa shape index (κ3) is 4.84. The maximum atomic E-state index is 12.1. The lowest BCUT2D eigenvalue weighted by atomic mass is 10.2. The van der Waals surface area contributed by atoms with Gasteiger partial charge in [0, 0.05) is 16.4 Å². The third-order valence-corrected chi connectivity index (χ3v) is 4.58. The molecule has 1 aromatic carbocycles. The molecule has 1 atom stereocenters. The van der Waals surface area contributed by atoms with Crippen molar-refractivity contribution in [3.8, 4) is 0 Å². The summed E-state index contributed by atoms with van der Waals surface area (Å²) in [6.07, 6.45) is 0. The molecular formula is C16H19ClN2OS. The van der Waals surface area contributed by atoms with Crippen molar-refractivity contribution in [1.82, 2.24) is 10.2 Å². The van der Waals surface area contributed by atoms with E-state index in [1.807, 2.05) is 60.6 Å². The van der Waals surface area contributed by atoms with Gasteiger partial charge in [-0.05, 0) is 37.0 Å². The van der Waals surface area contributed by atoms with E-state index in [1.165, 1.54) is 0 Å². The van der Waals surface area contributed by atoms with Crippen molar-refractivity contribution in [2.24, 2.45) is 0 Å². The predicted molar refractivity (Wildman–Crippen MR) is 88.7 cm³/mol. The molecule has 2 aromatic rings. The molecule has 0 aliphatic carbocycles. The van der Waals surface area contributed by atoms with Gasteiger partial charge in [0.2, 0.25) is 5.91 Å². The molecule has 21 heavy (non-hydrogen) atoms. The van der Waals surface area contributed by atoms with Crippen LogP contribution in [0.25, 0.3) is 0 Å². The zero-order valence-electron chi connectivity index (χ0n) is 12.2. The van der Waals surface area contributed by atoms with Crippen LogP contribution in [0.2, 0.25) is 5.02 Å². The Balaban J connectivity index is 1.83. The highest BCUT2D eigenvalue weighted by molar-refractivity contribution is 7.10. The van der Waals surface area contributed by atoms with Gasteiger partial charge in [-0.2, -0.15) is 0 Å². The number of benzene rings is 1. The highest BCUT2D eigenvalue weighted by Crippen LogP contribution is 2.18. The van der Waals surface area contributed by atoms with E-state index in [1.54, 1.807) is 11.3 Å². The van der Waals surface area contributed by atoms with Crippen LogP contribution in [0, 0.1) is 0 Å². The van der Waals surface area contributed by atoms with Gasteiger partial charge in [-0.25, -0.2) is 0 Å². The zero-order valence-corrected chi connectivity index (χ0v) is 13.7. The van der Waals surface area contributed by atoms with Crippen LogP contribution < -0.4 is 5.32 Å². The number of carbonyl (C=O) groups is 1. The van der Waals surface area contributed by atoms with Crippen LogP contribution in [0.4, 0.5) is 0 Å². The minimum atomic E-state index is 0.0189. The first-order valence-electron chi connectivity index (χ1n) is 6.81. The molecule has 112 valence electrons. The second-order valence-corrected chi connectivity index (χ2v) is 6.45. The van der Waals surface area contributed by atoms with Crippen LogP contribution >= 0.6 is 22.9 Å². The normalized spacial score (nSPS) is 12.4. The highest BCUT2D eigenvalue weighted by Gasteiger charge is 2.13. The number of hydrogen-bond donors (Lipinski definition) is 1. The molecule has 1 amide bonds. The zero-order chi connectivity index (χ0) is 15.2. The molecule has 5 heteroatoms. The van der Waals surface area contributed by atoms with Crippen LogP contribution in [-0.2, 0) is 11.3 Å². The van der Waals surface area contributed by atoms with Gasteiger partial charge in [-0.15, -0.1) is 11.3 Å². The van der Waals surface area contributed by atoms with E-state index in [4.69, 9.17) is 11.6 Å². The van der Waals surface area contributed by atoms with E-state index < -0.39 is 0 Å². The summed E-state index contributed by atoms with van der Waals surface area (Å²) in [6.45, 7) is 3.00. The number of amides is 1. The quantitative estimate of drug-likeness (QED) is 0.879. The van der Waals surface area contributed by atoms with Gasteiger partial charge < -0.3 is 5.32 Å². The number of carbonyl (C=O) groups excluding carboxylic acids is 1. The Morgan fingerprint density at radius 1 is 1.33 bits per heavy atom. The van der Waals surface area contributed by atoms with Crippen molar-refractivity contribution in [3.63, 3.8) is 0 Å². The molecule has 0 spiro atoms. The Hall–Kier alpha value is -1.36. The molecule has 1 N–H and O–H groups in total. The summed E-state index contributed by atoms with van der Waals surface area (Å²) in [6, 6.07) is 11.8. The number of rotatable bonds is 6. The monoisotopic (exact) mass is 322 g/mol. The van der Waals surface area contributed by atoms with Crippen LogP contribution in [0.3, 0.4) is 0 Å². The van der Waals surface area contributed by atoms with Crippen LogP contribution in [0.5, 0.6) is 0 Å². The van der Waals surface area contributed by atoms with Crippen LogP contribution in [0.1, 0.15) is 23.4 Å². The van der Waals surface area contributed by atoms with Crippen molar-refractivity contribution in [1.29, 1.82) is 0 Å². The highest BCUT2D eigenvalue weighted by atomic mass is 35.5. The van der Waals surface area contributed by atoms with Crippen molar-refractivity contribution in [3.05, 3.63) is 57.2 Å². The second kappa shape index (κ2) is 7.59. The van der Waals surface area contributed by atoms with Crippen molar-refractivity contribution in [2.45, 2.75) is 19.5 Å². The maximum Gasteiger partial charge on any atom is 0.234 e. The topological polar surface area (TPSA) is 32.3 Å². The van der Waals surface area contributed by atoms with Gasteiger partial charge in [-0.3, -0.25) is 9.69 Å². The smallest absolute Gasteiger partial charge is 0.234 e. The van der Waals surface area contributed by atoms with Crippen molar-refractivity contribution in [2.75, 3.05) is 13.6 Å². The largest absolute Gasteiger partial charge is 0.348 e. The molecule has 0 unspecified atom stereocenters. The first kappa shape index (κ1) is 16.0. The van der Waals surface area contributed by atoms with Crippen LogP contribution in [0.15, 0.2) is 41.8 Å². The van der Waals surface area contributed by atoms with E-state index in [0.29, 0.717) is 13.1 Å². The van der Waals surface area contributed by atoms with Gasteiger partial charge in [-0.1, -0.05) is 35.9 Å². The van der Waals surface area contributed by atoms with Crippen LogP contribution in [-0.4, -0.2) is 24.4 Å². The lowest BCUT2D eigenvalue weighted by Gasteiger charge is -2.19. The fourth-order valence-corrected chi connectivity index (χ4v) is 3.04. The molecule has 1 aromatic heterocycles. The second-order valence-electron chi connectivity index (χ2n) is 5.07. The van der Waals surface area contributed by atoms with Crippen molar-refractivity contribution < 1.29 is 4.79 Å². The molecule has 1 heterocycles. The standard InChI is InChI=1S/C16H19ClN2OS/c1-12(15-8-5-9-21-15)18-16(20)11-19(2)10-13-6-3-4-7-14(13)17/h3-9,12H,10-11H2,1-2H3,(H,18,20)/t12-/m0/s1. The molecule has 0 aliphatic rings. The first-order valence-corrected chi connectivity index (χ1v) is 8.06. The molecule has 0 saturated heterocycles. The molecular weight excluding hydrogens is 304 g/mol. The van der Waals surface area contributed by atoms with Gasteiger partial charge in [0.15, 0.2) is 0 Å². The minimum absolute atomic E-state index is 0.0189. The van der Waals surface area contributed by atoms with E-state index in [2.05, 4.69) is 5.32 Å². The molecule has 0 aliphatic heterocycles. The minimum Gasteiger partial charge on any atom is -0.348 e. The van der Waals surface area contributed by atoms with Gasteiger partial charge in [0.1, 0.15) is 0 Å². The Morgan fingerprint density at radius 2 is 2.10 bits per heavy atom. The van der Waals surface area contributed by atoms with Gasteiger partial charge in [0.05, 0.1) is 12.6 Å². The molecule has 0 bridgehead atoms. The molecule has 2 rings (SSSR count). The maximum absolute atomic E-state index is 12.1. The summed E-state index contributed by atoms with van der Waals surface area (Å²) in [7, 11) is 1.92. The number of nitrogens with zero attached hydrogens (tertiary/aromatic N) is 1. The summed E-state index contributed by atoms with van der Waals surface area (Å²) in [5, 5.41) is 5.76.